The summed E-state index contributed by atoms with van der Waals surface area (Å²) in [5.41, 5.74) is 6.33. The molecular weight excluding hydrogens is 257 g/mol. The number of nitrogens with two attached hydrogens (primary N) is 1. The predicted molar refractivity (Wildman–Crippen MR) is 80.8 cm³/mol. The van der Waals surface area contributed by atoms with Gasteiger partial charge in [0, 0.05) is 16.7 Å². The smallest absolute Gasteiger partial charge is 0.124 e. The number of hydrogen-bond acceptors (Lipinski definition) is 2. The second-order valence-electron chi connectivity index (χ2n) is 5.96. The molecule has 4 unspecified atom stereocenters. The van der Waals surface area contributed by atoms with Crippen LogP contribution in [-0.2, 0) is 0 Å². The van der Waals surface area contributed by atoms with E-state index in [-0.39, 0.29) is 11.9 Å². The molecule has 19 heavy (non-hydrogen) atoms. The topological polar surface area (TPSA) is 26.0 Å². The van der Waals surface area contributed by atoms with Crippen LogP contribution in [0.1, 0.15) is 33.1 Å². The molecule has 0 bridgehead atoms. The summed E-state index contributed by atoms with van der Waals surface area (Å²) in [6, 6.07) is 7.00. The molecule has 1 aromatic carbocycles. The molecule has 0 amide bonds. The number of benzene rings is 1. The van der Waals surface area contributed by atoms with Crippen molar-refractivity contribution in [2.24, 2.45) is 23.5 Å². The molecule has 0 radical (unpaired) electrons. The van der Waals surface area contributed by atoms with Gasteiger partial charge < -0.3 is 5.73 Å². The molecular formula is C16H24FNS. The van der Waals surface area contributed by atoms with Crippen LogP contribution >= 0.6 is 11.8 Å². The maximum atomic E-state index is 13.1. The van der Waals surface area contributed by atoms with Gasteiger partial charge in [-0.1, -0.05) is 26.3 Å². The van der Waals surface area contributed by atoms with Crippen molar-refractivity contribution in [3.63, 3.8) is 0 Å². The van der Waals surface area contributed by atoms with E-state index in [1.807, 2.05) is 6.07 Å². The number of rotatable bonds is 4. The van der Waals surface area contributed by atoms with Crippen LogP contribution in [0.3, 0.4) is 0 Å². The Hall–Kier alpha value is -0.540. The molecule has 3 heteroatoms. The van der Waals surface area contributed by atoms with Gasteiger partial charge in [0.1, 0.15) is 5.82 Å². The van der Waals surface area contributed by atoms with E-state index in [1.165, 1.54) is 25.3 Å². The summed E-state index contributed by atoms with van der Waals surface area (Å²) < 4.78 is 13.1. The van der Waals surface area contributed by atoms with Gasteiger partial charge in [0.2, 0.25) is 0 Å². The Kier molecular flexibility index (Phi) is 5.28. The summed E-state index contributed by atoms with van der Waals surface area (Å²) in [6.07, 6.45) is 3.78. The van der Waals surface area contributed by atoms with Crippen LogP contribution in [0.5, 0.6) is 0 Å². The van der Waals surface area contributed by atoms with Crippen molar-refractivity contribution in [1.29, 1.82) is 0 Å². The fourth-order valence-electron chi connectivity index (χ4n) is 2.86. The first-order chi connectivity index (χ1) is 9.06. The summed E-state index contributed by atoms with van der Waals surface area (Å²) in [5, 5.41) is 0. The van der Waals surface area contributed by atoms with E-state index in [9.17, 15) is 4.39 Å². The van der Waals surface area contributed by atoms with Crippen LogP contribution in [0, 0.1) is 23.6 Å². The minimum Gasteiger partial charge on any atom is -0.327 e. The maximum Gasteiger partial charge on any atom is 0.124 e. The standard InChI is InChI=1S/C16H24FNS/c1-11-6-7-13(8-12(11)2)16(18)10-19-15-5-3-4-14(17)9-15/h3-5,9,11-13,16H,6-8,10,18H2,1-2H3. The largest absolute Gasteiger partial charge is 0.327 e. The summed E-state index contributed by atoms with van der Waals surface area (Å²) >= 11 is 1.67. The fraction of sp³-hybridized carbons (Fsp3) is 0.625. The van der Waals surface area contributed by atoms with E-state index < -0.39 is 0 Å². The van der Waals surface area contributed by atoms with E-state index in [1.54, 1.807) is 23.9 Å². The van der Waals surface area contributed by atoms with Gasteiger partial charge in [-0.05, 0) is 48.8 Å². The van der Waals surface area contributed by atoms with Crippen LogP contribution in [0.4, 0.5) is 4.39 Å². The first-order valence-corrected chi connectivity index (χ1v) is 8.18. The van der Waals surface area contributed by atoms with Crippen LogP contribution in [0.25, 0.3) is 0 Å². The van der Waals surface area contributed by atoms with Gasteiger partial charge in [-0.15, -0.1) is 11.8 Å². The molecule has 1 aliphatic rings. The highest BCUT2D eigenvalue weighted by Gasteiger charge is 2.28. The third-order valence-electron chi connectivity index (χ3n) is 4.48. The first kappa shape index (κ1) is 14.9. The Morgan fingerprint density at radius 2 is 2.11 bits per heavy atom. The number of halogens is 1. The highest BCUT2D eigenvalue weighted by Crippen LogP contribution is 2.35. The average Bonchev–Trinajstić information content (AvgIpc) is 2.39. The molecule has 4 atom stereocenters. The van der Waals surface area contributed by atoms with Crippen LogP contribution < -0.4 is 5.73 Å². The Bertz CT molecular complexity index is 409. The highest BCUT2D eigenvalue weighted by atomic mass is 32.2. The minimum atomic E-state index is -0.168. The molecule has 0 spiro atoms. The Morgan fingerprint density at radius 3 is 2.79 bits per heavy atom. The zero-order valence-corrected chi connectivity index (χ0v) is 12.6. The van der Waals surface area contributed by atoms with Gasteiger partial charge in [-0.2, -0.15) is 0 Å². The quantitative estimate of drug-likeness (QED) is 0.832. The Morgan fingerprint density at radius 1 is 1.32 bits per heavy atom. The van der Waals surface area contributed by atoms with Crippen molar-refractivity contribution in [3.8, 4) is 0 Å². The first-order valence-electron chi connectivity index (χ1n) is 7.20. The lowest BCUT2D eigenvalue weighted by atomic mass is 9.74. The Labute approximate surface area is 120 Å². The Balaban J connectivity index is 1.83. The molecule has 1 nitrogen and oxygen atoms in total. The van der Waals surface area contributed by atoms with Gasteiger partial charge in [-0.25, -0.2) is 4.39 Å². The summed E-state index contributed by atoms with van der Waals surface area (Å²) in [6.45, 7) is 4.68. The third-order valence-corrected chi connectivity index (χ3v) is 5.62. The van der Waals surface area contributed by atoms with Crippen LogP contribution in [-0.4, -0.2) is 11.8 Å². The van der Waals surface area contributed by atoms with Gasteiger partial charge in [-0.3, -0.25) is 0 Å². The lowest BCUT2D eigenvalue weighted by Gasteiger charge is -2.35. The zero-order valence-electron chi connectivity index (χ0n) is 11.8. The highest BCUT2D eigenvalue weighted by molar-refractivity contribution is 7.99. The molecule has 0 aliphatic heterocycles. The van der Waals surface area contributed by atoms with E-state index >= 15 is 0 Å². The zero-order chi connectivity index (χ0) is 13.8. The second kappa shape index (κ2) is 6.76. The van der Waals surface area contributed by atoms with Crippen molar-refractivity contribution >= 4 is 11.8 Å². The molecule has 1 aliphatic carbocycles. The molecule has 2 rings (SSSR count). The third kappa shape index (κ3) is 4.22. The molecule has 0 saturated heterocycles. The van der Waals surface area contributed by atoms with Crippen molar-refractivity contribution in [1.82, 2.24) is 0 Å². The van der Waals surface area contributed by atoms with Crippen LogP contribution in [0.15, 0.2) is 29.2 Å². The van der Waals surface area contributed by atoms with Crippen molar-refractivity contribution in [2.45, 2.75) is 44.0 Å². The molecule has 2 N–H and O–H groups in total. The lowest BCUT2D eigenvalue weighted by molar-refractivity contribution is 0.192. The van der Waals surface area contributed by atoms with Crippen molar-refractivity contribution < 1.29 is 4.39 Å². The predicted octanol–water partition coefficient (Wildman–Crippen LogP) is 4.32. The number of hydrogen-bond donors (Lipinski definition) is 1. The second-order valence-corrected chi connectivity index (χ2v) is 7.05. The fourth-order valence-corrected chi connectivity index (χ4v) is 3.89. The van der Waals surface area contributed by atoms with E-state index in [0.29, 0.717) is 5.92 Å². The maximum absolute atomic E-state index is 13.1. The van der Waals surface area contributed by atoms with Crippen molar-refractivity contribution in [3.05, 3.63) is 30.1 Å². The van der Waals surface area contributed by atoms with E-state index in [2.05, 4.69) is 13.8 Å². The number of thioether (sulfide) groups is 1. The van der Waals surface area contributed by atoms with Gasteiger partial charge in [0.05, 0.1) is 0 Å². The molecule has 0 heterocycles. The molecule has 106 valence electrons. The van der Waals surface area contributed by atoms with Crippen molar-refractivity contribution in [2.75, 3.05) is 5.75 Å². The lowest BCUT2D eigenvalue weighted by Crippen LogP contribution is -2.37. The van der Waals surface area contributed by atoms with Crippen LogP contribution in [0.2, 0.25) is 0 Å². The SMILES string of the molecule is CC1CCC(C(N)CSc2cccc(F)c2)CC1C. The molecule has 0 aromatic heterocycles. The molecule has 1 fully saturated rings. The summed E-state index contributed by atoms with van der Waals surface area (Å²) in [4.78, 5) is 0.979. The normalized spacial score (nSPS) is 29.2. The molecule has 1 saturated carbocycles. The van der Waals surface area contributed by atoms with Gasteiger partial charge >= 0.3 is 0 Å². The minimum absolute atomic E-state index is 0.168. The average molecular weight is 281 g/mol. The van der Waals surface area contributed by atoms with Gasteiger partial charge in [0.15, 0.2) is 0 Å². The monoisotopic (exact) mass is 281 g/mol. The van der Waals surface area contributed by atoms with Gasteiger partial charge in [0.25, 0.3) is 0 Å². The summed E-state index contributed by atoms with van der Waals surface area (Å²) in [5.74, 6) is 2.96. The summed E-state index contributed by atoms with van der Waals surface area (Å²) in [7, 11) is 0. The van der Waals surface area contributed by atoms with E-state index in [4.69, 9.17) is 5.73 Å². The van der Waals surface area contributed by atoms with E-state index in [0.717, 1.165) is 22.5 Å². The molecule has 1 aromatic rings.